The van der Waals surface area contributed by atoms with Crippen molar-refractivity contribution in [1.29, 1.82) is 0 Å². The van der Waals surface area contributed by atoms with Gasteiger partial charge in [0.15, 0.2) is 0 Å². The van der Waals surface area contributed by atoms with Crippen molar-refractivity contribution in [1.82, 2.24) is 4.90 Å². The van der Waals surface area contributed by atoms with Crippen LogP contribution in [0.3, 0.4) is 0 Å². The van der Waals surface area contributed by atoms with Crippen LogP contribution >= 0.6 is 15.9 Å². The molecule has 1 N–H and O–H groups in total. The Kier molecular flexibility index (Phi) is 5.32. The highest BCUT2D eigenvalue weighted by atomic mass is 79.9. The summed E-state index contributed by atoms with van der Waals surface area (Å²) < 4.78 is 13.5. The Balaban J connectivity index is 2.94. The highest BCUT2D eigenvalue weighted by Gasteiger charge is 2.18. The van der Waals surface area contributed by atoms with Crippen molar-refractivity contribution in [3.8, 4) is 12.3 Å². The number of benzene rings is 1. The summed E-state index contributed by atoms with van der Waals surface area (Å²) >= 11 is 3.10. The number of carboxylic acid groups (broad SMARTS) is 1. The maximum Gasteiger partial charge on any atom is 0.317 e. The van der Waals surface area contributed by atoms with Crippen molar-refractivity contribution in [2.75, 3.05) is 13.1 Å². The van der Waals surface area contributed by atoms with Crippen molar-refractivity contribution in [2.45, 2.75) is 13.0 Å². The van der Waals surface area contributed by atoms with Crippen LogP contribution in [0.1, 0.15) is 18.5 Å². The first kappa shape index (κ1) is 14.7. The highest BCUT2D eigenvalue weighted by Crippen LogP contribution is 2.24. The van der Waals surface area contributed by atoms with Crippen molar-refractivity contribution < 1.29 is 14.3 Å². The lowest BCUT2D eigenvalue weighted by atomic mass is 10.1. The summed E-state index contributed by atoms with van der Waals surface area (Å²) in [6.07, 6.45) is 5.22. The largest absolute Gasteiger partial charge is 0.480 e. The number of nitrogens with zero attached hydrogens (tertiary/aromatic N) is 1. The third kappa shape index (κ3) is 3.83. The first-order valence-electron chi connectivity index (χ1n) is 5.30. The molecule has 18 heavy (non-hydrogen) atoms. The Bertz CT molecular complexity index is 484. The summed E-state index contributed by atoms with van der Waals surface area (Å²) in [6.45, 7) is 1.91. The zero-order chi connectivity index (χ0) is 13.7. The standard InChI is InChI=1S/C13H13BrFNO2/c1-3-6-16(8-13(17)18)9(2)10-4-5-12(15)11(14)7-10/h1,4-5,7,9H,6,8H2,2H3,(H,17,18). The summed E-state index contributed by atoms with van der Waals surface area (Å²) in [5.74, 6) is 1.13. The van der Waals surface area contributed by atoms with Gasteiger partial charge in [0.2, 0.25) is 0 Å². The maximum atomic E-state index is 13.1. The zero-order valence-corrected chi connectivity index (χ0v) is 11.4. The van der Waals surface area contributed by atoms with Crippen LogP contribution in [-0.2, 0) is 4.79 Å². The molecule has 0 amide bonds. The summed E-state index contributed by atoms with van der Waals surface area (Å²) in [7, 11) is 0. The highest BCUT2D eigenvalue weighted by molar-refractivity contribution is 9.10. The molecule has 5 heteroatoms. The molecule has 1 unspecified atom stereocenters. The average molecular weight is 314 g/mol. The van der Waals surface area contributed by atoms with Crippen LogP contribution in [0.25, 0.3) is 0 Å². The van der Waals surface area contributed by atoms with E-state index in [2.05, 4.69) is 21.9 Å². The van der Waals surface area contributed by atoms with Gasteiger partial charge in [-0.1, -0.05) is 12.0 Å². The van der Waals surface area contributed by atoms with Gasteiger partial charge in [0.1, 0.15) is 5.82 Å². The fourth-order valence-electron chi connectivity index (χ4n) is 1.60. The number of hydrogen-bond donors (Lipinski definition) is 1. The Hall–Kier alpha value is -1.38. The molecule has 0 spiro atoms. The third-order valence-corrected chi connectivity index (χ3v) is 3.21. The molecule has 0 heterocycles. The predicted molar refractivity (Wildman–Crippen MR) is 70.6 cm³/mol. The number of aliphatic carboxylic acids is 1. The smallest absolute Gasteiger partial charge is 0.317 e. The van der Waals surface area contributed by atoms with Crippen LogP contribution in [0.4, 0.5) is 4.39 Å². The first-order valence-corrected chi connectivity index (χ1v) is 6.09. The second-order valence-electron chi connectivity index (χ2n) is 3.85. The minimum Gasteiger partial charge on any atom is -0.480 e. The van der Waals surface area contributed by atoms with Gasteiger partial charge in [0.25, 0.3) is 0 Å². The van der Waals surface area contributed by atoms with E-state index in [1.807, 2.05) is 6.92 Å². The summed E-state index contributed by atoms with van der Waals surface area (Å²) in [6, 6.07) is 4.39. The molecule has 1 aromatic carbocycles. The fourth-order valence-corrected chi connectivity index (χ4v) is 2.00. The van der Waals surface area contributed by atoms with E-state index in [0.717, 1.165) is 5.56 Å². The van der Waals surface area contributed by atoms with Gasteiger partial charge >= 0.3 is 5.97 Å². The monoisotopic (exact) mass is 313 g/mol. The molecule has 1 rings (SSSR count). The van der Waals surface area contributed by atoms with Crippen LogP contribution in [0.15, 0.2) is 22.7 Å². The third-order valence-electron chi connectivity index (χ3n) is 2.61. The van der Waals surface area contributed by atoms with Gasteiger partial charge in [-0.2, -0.15) is 0 Å². The molecule has 0 aromatic heterocycles. The van der Waals surface area contributed by atoms with Gasteiger partial charge in [-0.3, -0.25) is 9.69 Å². The van der Waals surface area contributed by atoms with E-state index in [1.54, 1.807) is 17.0 Å². The van der Waals surface area contributed by atoms with E-state index in [4.69, 9.17) is 11.5 Å². The Morgan fingerprint density at radius 3 is 2.83 bits per heavy atom. The molecule has 0 radical (unpaired) electrons. The molecule has 3 nitrogen and oxygen atoms in total. The number of rotatable bonds is 5. The minimum atomic E-state index is -0.946. The van der Waals surface area contributed by atoms with Crippen molar-refractivity contribution in [2.24, 2.45) is 0 Å². The number of hydrogen-bond acceptors (Lipinski definition) is 2. The van der Waals surface area contributed by atoms with Crippen LogP contribution in [0, 0.1) is 18.2 Å². The van der Waals surface area contributed by atoms with E-state index in [1.165, 1.54) is 6.07 Å². The van der Waals surface area contributed by atoms with E-state index in [9.17, 15) is 9.18 Å². The average Bonchev–Trinajstić information content (AvgIpc) is 2.31. The van der Waals surface area contributed by atoms with Crippen LogP contribution in [-0.4, -0.2) is 29.1 Å². The zero-order valence-electron chi connectivity index (χ0n) is 9.86. The number of terminal acetylenes is 1. The molecule has 96 valence electrons. The van der Waals surface area contributed by atoms with Gasteiger partial charge in [-0.25, -0.2) is 4.39 Å². The second-order valence-corrected chi connectivity index (χ2v) is 4.71. The quantitative estimate of drug-likeness (QED) is 0.850. The number of carboxylic acids is 1. The SMILES string of the molecule is C#CCN(CC(=O)O)C(C)c1ccc(F)c(Br)c1. The molecule has 0 bridgehead atoms. The summed E-state index contributed by atoms with van der Waals surface area (Å²) in [5.41, 5.74) is 0.805. The van der Waals surface area contributed by atoms with Crippen LogP contribution < -0.4 is 0 Å². The molecule has 1 aromatic rings. The lowest BCUT2D eigenvalue weighted by molar-refractivity contribution is -0.138. The molecule has 0 fully saturated rings. The van der Waals surface area contributed by atoms with E-state index in [0.29, 0.717) is 4.47 Å². The van der Waals surface area contributed by atoms with Crippen LogP contribution in [0.2, 0.25) is 0 Å². The molecule has 0 aliphatic carbocycles. The van der Waals surface area contributed by atoms with Gasteiger partial charge in [0, 0.05) is 6.04 Å². The summed E-state index contributed by atoms with van der Waals surface area (Å²) in [4.78, 5) is 12.4. The van der Waals surface area contributed by atoms with Gasteiger partial charge in [0.05, 0.1) is 17.6 Å². The minimum absolute atomic E-state index is 0.152. The number of halogens is 2. The van der Waals surface area contributed by atoms with Crippen molar-refractivity contribution in [3.63, 3.8) is 0 Å². The van der Waals surface area contributed by atoms with E-state index >= 15 is 0 Å². The normalized spacial score (nSPS) is 12.2. The predicted octanol–water partition coefficient (Wildman–Crippen LogP) is 2.67. The Morgan fingerprint density at radius 1 is 1.67 bits per heavy atom. The topological polar surface area (TPSA) is 40.5 Å². The van der Waals surface area contributed by atoms with Crippen LogP contribution in [0.5, 0.6) is 0 Å². The molecular weight excluding hydrogens is 301 g/mol. The van der Waals surface area contributed by atoms with Gasteiger partial charge in [-0.05, 0) is 40.5 Å². The molecule has 0 saturated carbocycles. The fraction of sp³-hybridized carbons (Fsp3) is 0.308. The molecule has 0 aliphatic rings. The second kappa shape index (κ2) is 6.53. The van der Waals surface area contributed by atoms with Crippen molar-refractivity contribution >= 4 is 21.9 Å². The maximum absolute atomic E-state index is 13.1. The molecule has 0 aliphatic heterocycles. The number of carbonyl (C=O) groups is 1. The Morgan fingerprint density at radius 2 is 2.33 bits per heavy atom. The first-order chi connectivity index (χ1) is 8.45. The van der Waals surface area contributed by atoms with E-state index < -0.39 is 5.97 Å². The van der Waals surface area contributed by atoms with Gasteiger partial charge in [-0.15, -0.1) is 6.42 Å². The summed E-state index contributed by atoms with van der Waals surface area (Å²) in [5, 5.41) is 8.83. The molecule has 0 saturated heterocycles. The molecular formula is C13H13BrFNO2. The lowest BCUT2D eigenvalue weighted by Crippen LogP contribution is -2.32. The lowest BCUT2D eigenvalue weighted by Gasteiger charge is -2.26. The van der Waals surface area contributed by atoms with E-state index in [-0.39, 0.29) is 24.9 Å². The van der Waals surface area contributed by atoms with Gasteiger partial charge < -0.3 is 5.11 Å². The Labute approximate surface area is 114 Å². The molecule has 1 atom stereocenters. The van der Waals surface area contributed by atoms with Crippen molar-refractivity contribution in [3.05, 3.63) is 34.1 Å².